The van der Waals surface area contributed by atoms with Crippen LogP contribution in [0.2, 0.25) is 4.34 Å². The molecule has 1 aromatic carbocycles. The second-order valence-electron chi connectivity index (χ2n) is 5.28. The van der Waals surface area contributed by atoms with E-state index in [1.165, 1.54) is 26.2 Å². The van der Waals surface area contributed by atoms with Gasteiger partial charge in [-0.25, -0.2) is 12.7 Å². The summed E-state index contributed by atoms with van der Waals surface area (Å²) in [6.45, 7) is 0. The number of sulfonamides is 1. The maximum absolute atomic E-state index is 12.1. The van der Waals surface area contributed by atoms with Crippen molar-refractivity contribution >= 4 is 44.9 Å². The van der Waals surface area contributed by atoms with Crippen LogP contribution in [0.3, 0.4) is 0 Å². The predicted octanol–water partition coefficient (Wildman–Crippen LogP) is 2.95. The first kappa shape index (κ1) is 18.5. The quantitative estimate of drug-likeness (QED) is 0.690. The molecule has 0 radical (unpaired) electrons. The molecule has 8 nitrogen and oxygen atoms in total. The van der Waals surface area contributed by atoms with Crippen LogP contribution >= 0.6 is 22.9 Å². The molecule has 2 aromatic heterocycles. The number of nitrogens with zero attached hydrogens (tertiary/aromatic N) is 3. The minimum absolute atomic E-state index is 0.0699. The van der Waals surface area contributed by atoms with E-state index in [1.807, 2.05) is 0 Å². The molecular weight excluding hydrogens is 400 g/mol. The lowest BCUT2D eigenvalue weighted by molar-refractivity contribution is 0.102. The molecule has 11 heteroatoms. The fraction of sp³-hybridized carbons (Fsp3) is 0.133. The molecule has 1 N–H and O–H groups in total. The molecule has 0 aliphatic carbocycles. The van der Waals surface area contributed by atoms with Gasteiger partial charge in [-0.1, -0.05) is 16.7 Å². The van der Waals surface area contributed by atoms with Crippen LogP contribution in [0.1, 0.15) is 9.67 Å². The monoisotopic (exact) mass is 412 g/mol. The van der Waals surface area contributed by atoms with Crippen molar-refractivity contribution in [3.63, 3.8) is 0 Å². The molecule has 0 fully saturated rings. The smallest absolute Gasteiger partial charge is 0.322 e. The topological polar surface area (TPSA) is 105 Å². The summed E-state index contributed by atoms with van der Waals surface area (Å²) in [7, 11) is -0.604. The van der Waals surface area contributed by atoms with E-state index in [0.717, 1.165) is 15.6 Å². The summed E-state index contributed by atoms with van der Waals surface area (Å²) in [6.07, 6.45) is 0. The Morgan fingerprint density at radius 2 is 1.85 bits per heavy atom. The van der Waals surface area contributed by atoms with Crippen LogP contribution in [0.4, 0.5) is 6.01 Å². The summed E-state index contributed by atoms with van der Waals surface area (Å²) in [4.78, 5) is 12.6. The zero-order valence-corrected chi connectivity index (χ0v) is 16.0. The van der Waals surface area contributed by atoms with Crippen molar-refractivity contribution in [2.24, 2.45) is 0 Å². The third-order valence-corrected chi connectivity index (χ3v) is 6.38. The molecule has 26 heavy (non-hydrogen) atoms. The number of nitrogens with one attached hydrogen (secondary N) is 1. The van der Waals surface area contributed by atoms with Crippen molar-refractivity contribution in [1.82, 2.24) is 14.5 Å². The zero-order chi connectivity index (χ0) is 18.9. The molecule has 0 aliphatic rings. The zero-order valence-electron chi connectivity index (χ0n) is 13.6. The van der Waals surface area contributed by atoms with Gasteiger partial charge in [0.1, 0.15) is 0 Å². The van der Waals surface area contributed by atoms with E-state index in [1.54, 1.807) is 24.3 Å². The molecular formula is C15H13ClN4O4S2. The largest absolute Gasteiger partial charge is 0.403 e. The van der Waals surface area contributed by atoms with Gasteiger partial charge in [0.2, 0.25) is 15.9 Å². The van der Waals surface area contributed by atoms with Crippen LogP contribution in [0.25, 0.3) is 11.5 Å². The second kappa shape index (κ2) is 7.16. The summed E-state index contributed by atoms with van der Waals surface area (Å²) in [5.74, 6) is -0.261. The van der Waals surface area contributed by atoms with Gasteiger partial charge in [0, 0.05) is 19.7 Å². The molecule has 0 saturated carbocycles. The summed E-state index contributed by atoms with van der Waals surface area (Å²) < 4.78 is 31.1. The predicted molar refractivity (Wildman–Crippen MR) is 97.9 cm³/mol. The van der Waals surface area contributed by atoms with Crippen LogP contribution in [-0.2, 0) is 10.0 Å². The third kappa shape index (κ3) is 3.78. The Balaban J connectivity index is 1.76. The number of carbonyl (C=O) groups excluding carboxylic acids is 1. The van der Waals surface area contributed by atoms with E-state index in [-0.39, 0.29) is 16.8 Å². The molecule has 136 valence electrons. The van der Waals surface area contributed by atoms with Crippen molar-refractivity contribution in [3.05, 3.63) is 45.6 Å². The summed E-state index contributed by atoms with van der Waals surface area (Å²) in [5, 5.41) is 10.1. The average Bonchev–Trinajstić information content (AvgIpc) is 3.24. The van der Waals surface area contributed by atoms with Crippen LogP contribution in [0.5, 0.6) is 0 Å². The average molecular weight is 413 g/mol. The molecule has 0 aliphatic heterocycles. The number of anilines is 1. The van der Waals surface area contributed by atoms with Crippen molar-refractivity contribution in [1.29, 1.82) is 0 Å². The number of aromatic nitrogens is 2. The Labute approximate surface area is 158 Å². The molecule has 1 amide bonds. The number of amides is 1. The number of halogens is 1. The molecule has 0 unspecified atom stereocenters. The molecule has 0 bridgehead atoms. The van der Waals surface area contributed by atoms with Gasteiger partial charge >= 0.3 is 6.01 Å². The molecule has 2 heterocycles. The van der Waals surface area contributed by atoms with E-state index in [9.17, 15) is 13.2 Å². The van der Waals surface area contributed by atoms with Gasteiger partial charge in [-0.2, -0.15) is 0 Å². The summed E-state index contributed by atoms with van der Waals surface area (Å²) in [6, 6.07) is 9.12. The number of benzene rings is 1. The van der Waals surface area contributed by atoms with E-state index >= 15 is 0 Å². The lowest BCUT2D eigenvalue weighted by atomic mass is 10.2. The summed E-state index contributed by atoms with van der Waals surface area (Å²) >= 11 is 6.92. The number of thiophene rings is 1. The van der Waals surface area contributed by atoms with Gasteiger partial charge in [0.25, 0.3) is 5.91 Å². The van der Waals surface area contributed by atoms with Crippen LogP contribution in [-0.4, -0.2) is 42.9 Å². The fourth-order valence-electron chi connectivity index (χ4n) is 1.97. The Hall–Kier alpha value is -2.27. The van der Waals surface area contributed by atoms with Gasteiger partial charge in [-0.05, 0) is 36.4 Å². The standard InChI is InChI=1S/C15H13ClN4O4S2/c1-20(2)26(22,23)10-5-3-9(4-6-10)14-18-19-15(24-14)17-13(21)11-7-8-12(16)25-11/h3-8H,1-2H3,(H,17,19,21). The first-order valence-electron chi connectivity index (χ1n) is 7.20. The third-order valence-electron chi connectivity index (χ3n) is 3.32. The Morgan fingerprint density at radius 3 is 2.42 bits per heavy atom. The van der Waals surface area contributed by atoms with Crippen LogP contribution in [0.15, 0.2) is 45.7 Å². The highest BCUT2D eigenvalue weighted by molar-refractivity contribution is 7.89. The maximum Gasteiger partial charge on any atom is 0.322 e. The van der Waals surface area contributed by atoms with Gasteiger partial charge in [0.05, 0.1) is 14.1 Å². The van der Waals surface area contributed by atoms with Crippen molar-refractivity contribution in [2.75, 3.05) is 19.4 Å². The number of carbonyl (C=O) groups is 1. The number of rotatable bonds is 5. The molecule has 0 atom stereocenters. The number of hydrogen-bond acceptors (Lipinski definition) is 7. The highest BCUT2D eigenvalue weighted by Gasteiger charge is 2.18. The maximum atomic E-state index is 12.1. The van der Waals surface area contributed by atoms with E-state index < -0.39 is 15.9 Å². The van der Waals surface area contributed by atoms with E-state index in [0.29, 0.717) is 14.8 Å². The lowest BCUT2D eigenvalue weighted by Crippen LogP contribution is -2.22. The Morgan fingerprint density at radius 1 is 1.15 bits per heavy atom. The highest BCUT2D eigenvalue weighted by Crippen LogP contribution is 2.24. The molecule has 0 spiro atoms. The number of hydrogen-bond donors (Lipinski definition) is 1. The molecule has 3 rings (SSSR count). The Bertz CT molecular complexity index is 1040. The molecule has 3 aromatic rings. The second-order valence-corrected chi connectivity index (χ2v) is 9.15. The highest BCUT2D eigenvalue weighted by atomic mass is 35.5. The fourth-order valence-corrected chi connectivity index (χ4v) is 3.81. The lowest BCUT2D eigenvalue weighted by Gasteiger charge is -2.11. The normalized spacial score (nSPS) is 11.7. The minimum Gasteiger partial charge on any atom is -0.403 e. The first-order valence-corrected chi connectivity index (χ1v) is 9.84. The van der Waals surface area contributed by atoms with Gasteiger partial charge in [0.15, 0.2) is 0 Å². The van der Waals surface area contributed by atoms with Crippen LogP contribution in [0, 0.1) is 0 Å². The van der Waals surface area contributed by atoms with Crippen molar-refractivity contribution in [2.45, 2.75) is 4.90 Å². The molecule has 0 saturated heterocycles. The van der Waals surface area contributed by atoms with E-state index in [4.69, 9.17) is 16.0 Å². The SMILES string of the molecule is CN(C)S(=O)(=O)c1ccc(-c2nnc(NC(=O)c3ccc(Cl)s3)o2)cc1. The van der Waals surface area contributed by atoms with Gasteiger partial charge in [-0.15, -0.1) is 16.4 Å². The van der Waals surface area contributed by atoms with E-state index in [2.05, 4.69) is 15.5 Å². The van der Waals surface area contributed by atoms with Crippen molar-refractivity contribution < 1.29 is 17.6 Å². The minimum atomic E-state index is -3.52. The van der Waals surface area contributed by atoms with Gasteiger partial charge in [-0.3, -0.25) is 10.1 Å². The van der Waals surface area contributed by atoms with Gasteiger partial charge < -0.3 is 4.42 Å². The Kier molecular flexibility index (Phi) is 5.10. The first-order chi connectivity index (χ1) is 12.3. The van der Waals surface area contributed by atoms with Crippen LogP contribution < -0.4 is 5.32 Å². The van der Waals surface area contributed by atoms with Crippen molar-refractivity contribution in [3.8, 4) is 11.5 Å². The summed E-state index contributed by atoms with van der Waals surface area (Å²) in [5.41, 5.74) is 0.523.